The summed E-state index contributed by atoms with van der Waals surface area (Å²) in [6.07, 6.45) is -0.353. The first-order chi connectivity index (χ1) is 9.99. The number of amides is 1. The van der Waals surface area contributed by atoms with Gasteiger partial charge in [-0.1, -0.05) is 32.0 Å². The molecule has 0 unspecified atom stereocenters. The summed E-state index contributed by atoms with van der Waals surface area (Å²) in [5.74, 6) is 0.843. The molecule has 1 saturated heterocycles. The summed E-state index contributed by atoms with van der Waals surface area (Å²) in [5, 5.41) is 5.17. The number of carbonyl (C=O) groups is 1. The Labute approximate surface area is 136 Å². The van der Waals surface area contributed by atoms with Crippen LogP contribution in [0.25, 0.3) is 10.8 Å². The quantitative estimate of drug-likeness (QED) is 0.906. The van der Waals surface area contributed by atoms with Gasteiger partial charge in [-0.3, -0.25) is 0 Å². The molecule has 1 amide bonds. The Morgan fingerprint density at radius 3 is 2.59 bits per heavy atom. The van der Waals surface area contributed by atoms with Gasteiger partial charge in [-0.2, -0.15) is 0 Å². The third-order valence-electron chi connectivity index (χ3n) is 4.02. The number of fused-ring (bicyclic) bond motifs is 1. The van der Waals surface area contributed by atoms with Gasteiger partial charge in [-0.05, 0) is 34.5 Å². The zero-order chi connectivity index (χ0) is 15.0. The van der Waals surface area contributed by atoms with Gasteiger partial charge in [0.25, 0.3) is 0 Å². The molecule has 1 heterocycles. The number of cyclic esters (lactones) is 1. The SMILES string of the molecule is COc1ccc2cc([C@H]3NC(=O)OCC3(C)C)ccc2c1.Cl. The minimum Gasteiger partial charge on any atom is -0.497 e. The van der Waals surface area contributed by atoms with Crippen LogP contribution in [0.5, 0.6) is 5.75 Å². The van der Waals surface area contributed by atoms with Crippen LogP contribution < -0.4 is 10.1 Å². The number of alkyl carbamates (subject to hydrolysis) is 1. The van der Waals surface area contributed by atoms with E-state index in [1.165, 1.54) is 0 Å². The predicted octanol–water partition coefficient (Wildman–Crippen LogP) is 4.08. The number of nitrogens with one attached hydrogen (secondary N) is 1. The fourth-order valence-electron chi connectivity index (χ4n) is 2.77. The van der Waals surface area contributed by atoms with Crippen molar-refractivity contribution in [2.75, 3.05) is 13.7 Å². The second kappa shape index (κ2) is 6.05. The number of hydrogen-bond donors (Lipinski definition) is 1. The molecular formula is C17H20ClNO3. The third-order valence-corrected chi connectivity index (χ3v) is 4.02. The van der Waals surface area contributed by atoms with Gasteiger partial charge in [0, 0.05) is 5.41 Å². The molecule has 0 aromatic heterocycles. The van der Waals surface area contributed by atoms with E-state index >= 15 is 0 Å². The molecule has 0 radical (unpaired) electrons. The van der Waals surface area contributed by atoms with Crippen LogP contribution in [0.1, 0.15) is 25.5 Å². The summed E-state index contributed by atoms with van der Waals surface area (Å²) >= 11 is 0. The minimum atomic E-state index is -0.353. The maximum atomic E-state index is 11.5. The van der Waals surface area contributed by atoms with Crippen molar-refractivity contribution in [3.05, 3.63) is 42.0 Å². The standard InChI is InChI=1S/C17H19NO3.ClH/c1-17(2)10-21-16(19)18-15(17)13-5-4-12-9-14(20-3)7-6-11(12)8-13;/h4-9,15H,10H2,1-3H3,(H,18,19);1H/t15-;/m1./s1. The Morgan fingerprint density at radius 1 is 1.18 bits per heavy atom. The second-order valence-electron chi connectivity index (χ2n) is 6.11. The molecule has 3 rings (SSSR count). The Bertz CT molecular complexity index is 699. The summed E-state index contributed by atoms with van der Waals surface area (Å²) in [6.45, 7) is 4.61. The monoisotopic (exact) mass is 321 g/mol. The van der Waals surface area contributed by atoms with Gasteiger partial charge in [-0.15, -0.1) is 12.4 Å². The summed E-state index contributed by atoms with van der Waals surface area (Å²) in [7, 11) is 1.66. The van der Waals surface area contributed by atoms with Gasteiger partial charge < -0.3 is 14.8 Å². The fraction of sp³-hybridized carbons (Fsp3) is 0.353. The molecule has 4 nitrogen and oxygen atoms in total. The largest absolute Gasteiger partial charge is 0.497 e. The van der Waals surface area contributed by atoms with Gasteiger partial charge in [0.15, 0.2) is 0 Å². The Kier molecular flexibility index (Phi) is 4.52. The molecule has 1 atom stereocenters. The first kappa shape index (κ1) is 16.4. The number of rotatable bonds is 2. The van der Waals surface area contributed by atoms with Crippen molar-refractivity contribution < 1.29 is 14.3 Å². The third kappa shape index (κ3) is 2.97. The van der Waals surface area contributed by atoms with Gasteiger partial charge in [-0.25, -0.2) is 4.79 Å². The van der Waals surface area contributed by atoms with Crippen molar-refractivity contribution in [1.29, 1.82) is 0 Å². The van der Waals surface area contributed by atoms with Crippen molar-refractivity contribution in [1.82, 2.24) is 5.32 Å². The lowest BCUT2D eigenvalue weighted by molar-refractivity contribution is 0.0388. The molecule has 118 valence electrons. The maximum absolute atomic E-state index is 11.5. The molecule has 1 N–H and O–H groups in total. The highest BCUT2D eigenvalue weighted by molar-refractivity contribution is 5.85. The fourth-order valence-corrected chi connectivity index (χ4v) is 2.77. The van der Waals surface area contributed by atoms with E-state index < -0.39 is 0 Å². The average Bonchev–Trinajstić information content (AvgIpc) is 2.48. The van der Waals surface area contributed by atoms with E-state index in [-0.39, 0.29) is 30.0 Å². The summed E-state index contributed by atoms with van der Waals surface area (Å²) in [5.41, 5.74) is 0.947. The van der Waals surface area contributed by atoms with Gasteiger partial charge in [0.05, 0.1) is 13.2 Å². The lowest BCUT2D eigenvalue weighted by Crippen LogP contribution is -2.46. The summed E-state index contributed by atoms with van der Waals surface area (Å²) in [6, 6.07) is 12.2. The molecule has 0 spiro atoms. The van der Waals surface area contributed by atoms with Crippen LogP contribution >= 0.6 is 12.4 Å². The van der Waals surface area contributed by atoms with E-state index in [0.29, 0.717) is 6.61 Å². The first-order valence-electron chi connectivity index (χ1n) is 7.00. The van der Waals surface area contributed by atoms with Crippen molar-refractivity contribution in [3.8, 4) is 5.75 Å². The van der Waals surface area contributed by atoms with E-state index in [1.807, 2.05) is 18.2 Å². The van der Waals surface area contributed by atoms with E-state index in [2.05, 4.69) is 37.4 Å². The lowest BCUT2D eigenvalue weighted by atomic mass is 9.80. The van der Waals surface area contributed by atoms with E-state index in [9.17, 15) is 4.79 Å². The normalized spacial score (nSPS) is 19.8. The number of halogens is 1. The first-order valence-corrected chi connectivity index (χ1v) is 7.00. The average molecular weight is 322 g/mol. The van der Waals surface area contributed by atoms with Gasteiger partial charge in [0.2, 0.25) is 0 Å². The summed E-state index contributed by atoms with van der Waals surface area (Å²) in [4.78, 5) is 11.5. The highest BCUT2D eigenvalue weighted by Gasteiger charge is 2.37. The van der Waals surface area contributed by atoms with Crippen molar-refractivity contribution >= 4 is 29.3 Å². The molecule has 0 saturated carbocycles. The lowest BCUT2D eigenvalue weighted by Gasteiger charge is -2.38. The topological polar surface area (TPSA) is 47.6 Å². The molecule has 2 aromatic rings. The van der Waals surface area contributed by atoms with Crippen LogP contribution in [0.15, 0.2) is 36.4 Å². The van der Waals surface area contributed by atoms with E-state index in [1.54, 1.807) is 7.11 Å². The molecule has 1 fully saturated rings. The number of methoxy groups -OCH3 is 1. The molecule has 22 heavy (non-hydrogen) atoms. The van der Waals surface area contributed by atoms with Crippen LogP contribution in [0.3, 0.4) is 0 Å². The highest BCUT2D eigenvalue weighted by atomic mass is 35.5. The molecule has 5 heteroatoms. The van der Waals surface area contributed by atoms with Gasteiger partial charge >= 0.3 is 6.09 Å². The zero-order valence-electron chi connectivity index (χ0n) is 12.9. The number of hydrogen-bond acceptors (Lipinski definition) is 3. The second-order valence-corrected chi connectivity index (χ2v) is 6.11. The maximum Gasteiger partial charge on any atom is 0.407 e. The Morgan fingerprint density at radius 2 is 1.86 bits per heavy atom. The number of ether oxygens (including phenoxy) is 2. The zero-order valence-corrected chi connectivity index (χ0v) is 13.7. The Hall–Kier alpha value is -1.94. The molecule has 2 aromatic carbocycles. The molecular weight excluding hydrogens is 302 g/mol. The van der Waals surface area contributed by atoms with Crippen molar-refractivity contribution in [3.63, 3.8) is 0 Å². The molecule has 1 aliphatic heterocycles. The van der Waals surface area contributed by atoms with Gasteiger partial charge in [0.1, 0.15) is 12.4 Å². The van der Waals surface area contributed by atoms with Crippen LogP contribution in [0, 0.1) is 5.41 Å². The van der Waals surface area contributed by atoms with Crippen LogP contribution in [-0.2, 0) is 4.74 Å². The number of carbonyl (C=O) groups excluding carboxylic acids is 1. The van der Waals surface area contributed by atoms with Crippen molar-refractivity contribution in [2.24, 2.45) is 5.41 Å². The van der Waals surface area contributed by atoms with Crippen LogP contribution in [0.2, 0.25) is 0 Å². The van der Waals surface area contributed by atoms with E-state index in [0.717, 1.165) is 22.1 Å². The predicted molar refractivity (Wildman–Crippen MR) is 88.8 cm³/mol. The van der Waals surface area contributed by atoms with Crippen LogP contribution in [0.4, 0.5) is 4.79 Å². The summed E-state index contributed by atoms with van der Waals surface area (Å²) < 4.78 is 10.3. The highest BCUT2D eigenvalue weighted by Crippen LogP contribution is 2.37. The minimum absolute atomic E-state index is 0. The molecule has 0 aliphatic carbocycles. The smallest absolute Gasteiger partial charge is 0.407 e. The van der Waals surface area contributed by atoms with E-state index in [4.69, 9.17) is 9.47 Å². The molecule has 0 bridgehead atoms. The van der Waals surface area contributed by atoms with Crippen LogP contribution in [-0.4, -0.2) is 19.8 Å². The Balaban J connectivity index is 0.00000176. The van der Waals surface area contributed by atoms with Crippen molar-refractivity contribution in [2.45, 2.75) is 19.9 Å². The molecule has 1 aliphatic rings. The number of benzene rings is 2.